The lowest BCUT2D eigenvalue weighted by Gasteiger charge is -1.96. The maximum Gasteiger partial charge on any atom is 0.181 e. The van der Waals surface area contributed by atoms with Gasteiger partial charge in [-0.3, -0.25) is 4.79 Å². The fraction of sp³-hybridized carbons (Fsp3) is 0.143. The molecule has 0 spiro atoms. The van der Waals surface area contributed by atoms with Gasteiger partial charge in [-0.15, -0.1) is 0 Å². The summed E-state index contributed by atoms with van der Waals surface area (Å²) in [6.45, 7) is 1.25. The third-order valence-corrected chi connectivity index (χ3v) is 1.20. The molecule has 0 aliphatic carbocycles. The number of nitrogen functional groups attached to an aromatic ring is 1. The number of anilines is 1. The Morgan fingerprint density at radius 1 is 1.73 bits per heavy atom. The fourth-order valence-corrected chi connectivity index (χ4v) is 0.712. The molecule has 0 aliphatic heterocycles. The van der Waals surface area contributed by atoms with Gasteiger partial charge >= 0.3 is 0 Å². The summed E-state index contributed by atoms with van der Waals surface area (Å²) in [4.78, 5) is 14.2. The SMILES string of the molecule is CC(=O)c1ncc(N)cc1F. The maximum atomic E-state index is 12.7. The number of nitrogens with zero attached hydrogens (tertiary/aromatic N) is 1. The van der Waals surface area contributed by atoms with Gasteiger partial charge in [0.2, 0.25) is 0 Å². The fourth-order valence-electron chi connectivity index (χ4n) is 0.712. The highest BCUT2D eigenvalue weighted by molar-refractivity contribution is 5.92. The lowest BCUT2D eigenvalue weighted by atomic mass is 10.2. The Morgan fingerprint density at radius 2 is 2.36 bits per heavy atom. The molecule has 3 nitrogen and oxygen atoms in total. The largest absolute Gasteiger partial charge is 0.397 e. The quantitative estimate of drug-likeness (QED) is 0.614. The number of aromatic nitrogens is 1. The summed E-state index contributed by atoms with van der Waals surface area (Å²) in [7, 11) is 0. The Hall–Kier alpha value is -1.45. The van der Waals surface area contributed by atoms with Crippen molar-refractivity contribution in [2.45, 2.75) is 6.92 Å². The standard InChI is InChI=1S/C7H7FN2O/c1-4(11)7-6(8)2-5(9)3-10-7/h2-3H,9H2,1H3. The van der Waals surface area contributed by atoms with Crippen LogP contribution in [0.5, 0.6) is 0 Å². The third kappa shape index (κ3) is 1.52. The molecule has 11 heavy (non-hydrogen) atoms. The number of nitrogens with two attached hydrogens (primary N) is 1. The molecule has 1 aromatic rings. The number of pyridine rings is 1. The van der Waals surface area contributed by atoms with E-state index in [0.717, 1.165) is 6.07 Å². The van der Waals surface area contributed by atoms with Crippen LogP contribution in [0, 0.1) is 5.82 Å². The van der Waals surface area contributed by atoms with E-state index in [-0.39, 0.29) is 11.4 Å². The van der Waals surface area contributed by atoms with Crippen LogP contribution in [-0.4, -0.2) is 10.8 Å². The Balaban J connectivity index is 3.20. The highest BCUT2D eigenvalue weighted by Gasteiger charge is 2.07. The van der Waals surface area contributed by atoms with Crippen molar-refractivity contribution in [1.82, 2.24) is 4.98 Å². The van der Waals surface area contributed by atoms with Gasteiger partial charge < -0.3 is 5.73 Å². The minimum Gasteiger partial charge on any atom is -0.397 e. The minimum absolute atomic E-state index is 0.167. The molecule has 0 unspecified atom stereocenters. The lowest BCUT2D eigenvalue weighted by Crippen LogP contribution is -2.01. The third-order valence-electron chi connectivity index (χ3n) is 1.20. The van der Waals surface area contributed by atoms with Crippen molar-refractivity contribution in [3.05, 3.63) is 23.8 Å². The molecule has 2 N–H and O–H groups in total. The van der Waals surface area contributed by atoms with Crippen molar-refractivity contribution in [2.75, 3.05) is 5.73 Å². The topological polar surface area (TPSA) is 56.0 Å². The van der Waals surface area contributed by atoms with Gasteiger partial charge in [0.25, 0.3) is 0 Å². The molecule has 0 saturated heterocycles. The van der Waals surface area contributed by atoms with Crippen LogP contribution in [0.2, 0.25) is 0 Å². The van der Waals surface area contributed by atoms with Crippen molar-refractivity contribution in [3.63, 3.8) is 0 Å². The number of carbonyl (C=O) groups is 1. The van der Waals surface area contributed by atoms with Crippen molar-refractivity contribution < 1.29 is 9.18 Å². The van der Waals surface area contributed by atoms with Crippen molar-refractivity contribution >= 4 is 11.5 Å². The van der Waals surface area contributed by atoms with Gasteiger partial charge in [0.05, 0.1) is 11.9 Å². The lowest BCUT2D eigenvalue weighted by molar-refractivity contribution is 0.100. The van der Waals surface area contributed by atoms with E-state index in [1.54, 1.807) is 0 Å². The molecule has 0 amide bonds. The van der Waals surface area contributed by atoms with Crippen LogP contribution in [-0.2, 0) is 0 Å². The second kappa shape index (κ2) is 2.65. The van der Waals surface area contributed by atoms with E-state index in [1.165, 1.54) is 13.1 Å². The van der Waals surface area contributed by atoms with Gasteiger partial charge in [-0.25, -0.2) is 9.37 Å². The summed E-state index contributed by atoms with van der Waals surface area (Å²) in [6, 6.07) is 1.07. The zero-order chi connectivity index (χ0) is 8.43. The summed E-state index contributed by atoms with van der Waals surface area (Å²) in [5, 5.41) is 0. The molecule has 0 bridgehead atoms. The number of ketones is 1. The van der Waals surface area contributed by atoms with Gasteiger partial charge in [0, 0.05) is 13.0 Å². The molecular weight excluding hydrogens is 147 g/mol. The van der Waals surface area contributed by atoms with Gasteiger partial charge in [-0.1, -0.05) is 0 Å². The molecular formula is C7H7FN2O. The first-order valence-electron chi connectivity index (χ1n) is 3.03. The second-order valence-corrected chi connectivity index (χ2v) is 2.16. The zero-order valence-corrected chi connectivity index (χ0v) is 5.97. The average molecular weight is 154 g/mol. The molecule has 1 aromatic heterocycles. The van der Waals surface area contributed by atoms with Gasteiger partial charge in [-0.05, 0) is 0 Å². The average Bonchev–Trinajstić information content (AvgIpc) is 1.85. The van der Waals surface area contributed by atoms with E-state index < -0.39 is 11.6 Å². The highest BCUT2D eigenvalue weighted by atomic mass is 19.1. The van der Waals surface area contributed by atoms with Crippen LogP contribution in [0.4, 0.5) is 10.1 Å². The van der Waals surface area contributed by atoms with E-state index in [2.05, 4.69) is 4.98 Å². The second-order valence-electron chi connectivity index (χ2n) is 2.16. The Morgan fingerprint density at radius 3 is 2.82 bits per heavy atom. The zero-order valence-electron chi connectivity index (χ0n) is 5.97. The Kier molecular flexibility index (Phi) is 1.85. The predicted molar refractivity (Wildman–Crippen MR) is 38.6 cm³/mol. The number of rotatable bonds is 1. The number of hydrogen-bond donors (Lipinski definition) is 1. The van der Waals surface area contributed by atoms with Crippen molar-refractivity contribution in [2.24, 2.45) is 0 Å². The first-order valence-corrected chi connectivity index (χ1v) is 3.03. The molecule has 58 valence electrons. The predicted octanol–water partition coefficient (Wildman–Crippen LogP) is 1.01. The van der Waals surface area contributed by atoms with Crippen LogP contribution in [0.25, 0.3) is 0 Å². The molecule has 1 heterocycles. The van der Waals surface area contributed by atoms with E-state index in [0.29, 0.717) is 0 Å². The van der Waals surface area contributed by atoms with E-state index in [4.69, 9.17) is 5.73 Å². The Labute approximate surface area is 63.0 Å². The molecule has 0 atom stereocenters. The van der Waals surface area contributed by atoms with E-state index >= 15 is 0 Å². The first-order chi connectivity index (χ1) is 5.11. The minimum atomic E-state index is -0.669. The van der Waals surface area contributed by atoms with Crippen LogP contribution in [0.3, 0.4) is 0 Å². The number of hydrogen-bond acceptors (Lipinski definition) is 3. The molecule has 0 saturated carbocycles. The van der Waals surface area contributed by atoms with Crippen LogP contribution < -0.4 is 5.73 Å². The number of Topliss-reactive ketones (excluding diaryl/α,β-unsaturated/α-hetero) is 1. The molecule has 0 fully saturated rings. The van der Waals surface area contributed by atoms with Crippen LogP contribution >= 0.6 is 0 Å². The maximum absolute atomic E-state index is 12.7. The molecule has 0 radical (unpaired) electrons. The first kappa shape index (κ1) is 7.65. The molecule has 0 aliphatic rings. The van der Waals surface area contributed by atoms with E-state index in [1.807, 2.05) is 0 Å². The van der Waals surface area contributed by atoms with Gasteiger partial charge in [0.1, 0.15) is 5.69 Å². The smallest absolute Gasteiger partial charge is 0.181 e. The highest BCUT2D eigenvalue weighted by Crippen LogP contribution is 2.08. The van der Waals surface area contributed by atoms with Crippen LogP contribution in [0.1, 0.15) is 17.4 Å². The monoisotopic (exact) mass is 154 g/mol. The van der Waals surface area contributed by atoms with E-state index in [9.17, 15) is 9.18 Å². The summed E-state index contributed by atoms with van der Waals surface area (Å²) >= 11 is 0. The van der Waals surface area contributed by atoms with Gasteiger partial charge in [0.15, 0.2) is 11.6 Å². The number of carbonyl (C=O) groups excluding carboxylic acids is 1. The Bertz CT molecular complexity index is 298. The van der Waals surface area contributed by atoms with Crippen molar-refractivity contribution in [1.29, 1.82) is 0 Å². The van der Waals surface area contributed by atoms with Crippen molar-refractivity contribution in [3.8, 4) is 0 Å². The summed E-state index contributed by atoms with van der Waals surface area (Å²) in [6.07, 6.45) is 1.25. The molecule has 0 aromatic carbocycles. The number of halogens is 1. The molecule has 4 heteroatoms. The van der Waals surface area contributed by atoms with Crippen LogP contribution in [0.15, 0.2) is 12.3 Å². The summed E-state index contributed by atoms with van der Waals surface area (Å²) in [5.41, 5.74) is 5.26. The summed E-state index contributed by atoms with van der Waals surface area (Å²) < 4.78 is 12.7. The summed E-state index contributed by atoms with van der Waals surface area (Å²) in [5.74, 6) is -1.07. The normalized spacial score (nSPS) is 9.64. The van der Waals surface area contributed by atoms with Gasteiger partial charge in [-0.2, -0.15) is 0 Å². The molecule has 1 rings (SSSR count).